The molecule has 1 N–H and O–H groups in total. The first-order valence-electron chi connectivity index (χ1n) is 6.14. The van der Waals surface area contributed by atoms with E-state index < -0.39 is 6.10 Å². The van der Waals surface area contributed by atoms with Crippen LogP contribution in [0.3, 0.4) is 0 Å². The molecule has 2 unspecified atom stereocenters. The third kappa shape index (κ3) is 2.78. The first kappa shape index (κ1) is 12.8. The number of hydrogen-bond donors (Lipinski definition) is 1. The van der Waals surface area contributed by atoms with Crippen molar-refractivity contribution in [2.75, 3.05) is 14.1 Å². The molecule has 0 amide bonds. The third-order valence-electron chi connectivity index (χ3n) is 3.14. The highest BCUT2D eigenvalue weighted by atomic mass is 16.3. The second-order valence-corrected chi connectivity index (χ2v) is 4.67. The van der Waals surface area contributed by atoms with E-state index in [9.17, 15) is 5.11 Å². The van der Waals surface area contributed by atoms with Crippen LogP contribution >= 0.6 is 0 Å². The van der Waals surface area contributed by atoms with Gasteiger partial charge in [-0.3, -0.25) is 4.90 Å². The maximum atomic E-state index is 10.6. The number of benzene rings is 2. The van der Waals surface area contributed by atoms with Gasteiger partial charge in [0.15, 0.2) is 0 Å². The van der Waals surface area contributed by atoms with Gasteiger partial charge in [0.05, 0.1) is 12.1 Å². The monoisotopic (exact) mass is 241 g/mol. The van der Waals surface area contributed by atoms with E-state index in [-0.39, 0.29) is 6.04 Å². The van der Waals surface area contributed by atoms with E-state index >= 15 is 0 Å². The number of hydrogen-bond acceptors (Lipinski definition) is 2. The SMILES string of the molecule is CN(C)C(c1ccccc1)C(O)c1ccccc1. The topological polar surface area (TPSA) is 23.5 Å². The molecule has 2 nitrogen and oxygen atoms in total. The largest absolute Gasteiger partial charge is 0.386 e. The molecule has 0 saturated heterocycles. The van der Waals surface area contributed by atoms with Crippen LogP contribution in [0.4, 0.5) is 0 Å². The lowest BCUT2D eigenvalue weighted by atomic mass is 9.95. The van der Waals surface area contributed by atoms with Crippen molar-refractivity contribution in [3.05, 3.63) is 71.8 Å². The first-order valence-corrected chi connectivity index (χ1v) is 6.14. The Morgan fingerprint density at radius 3 is 1.67 bits per heavy atom. The van der Waals surface area contributed by atoms with E-state index in [0.717, 1.165) is 11.1 Å². The fourth-order valence-electron chi connectivity index (χ4n) is 2.25. The molecule has 0 heterocycles. The molecule has 0 fully saturated rings. The highest BCUT2D eigenvalue weighted by Crippen LogP contribution is 2.32. The predicted molar refractivity (Wildman–Crippen MR) is 74.3 cm³/mol. The van der Waals surface area contributed by atoms with Gasteiger partial charge in [-0.1, -0.05) is 60.7 Å². The number of aliphatic hydroxyl groups excluding tert-OH is 1. The van der Waals surface area contributed by atoms with Crippen molar-refractivity contribution < 1.29 is 5.11 Å². The molecule has 18 heavy (non-hydrogen) atoms. The van der Waals surface area contributed by atoms with E-state index in [1.165, 1.54) is 0 Å². The molecule has 0 aliphatic heterocycles. The maximum absolute atomic E-state index is 10.6. The van der Waals surface area contributed by atoms with Gasteiger partial charge in [0.1, 0.15) is 0 Å². The summed E-state index contributed by atoms with van der Waals surface area (Å²) < 4.78 is 0. The Morgan fingerprint density at radius 1 is 0.778 bits per heavy atom. The summed E-state index contributed by atoms with van der Waals surface area (Å²) in [5.74, 6) is 0. The van der Waals surface area contributed by atoms with Crippen molar-refractivity contribution in [2.24, 2.45) is 0 Å². The van der Waals surface area contributed by atoms with Crippen molar-refractivity contribution in [1.29, 1.82) is 0 Å². The average Bonchev–Trinajstić information content (AvgIpc) is 2.40. The van der Waals surface area contributed by atoms with Crippen molar-refractivity contribution in [2.45, 2.75) is 12.1 Å². The van der Waals surface area contributed by atoms with Crippen LogP contribution in [0.15, 0.2) is 60.7 Å². The molecule has 2 heteroatoms. The highest BCUT2D eigenvalue weighted by molar-refractivity contribution is 5.26. The van der Waals surface area contributed by atoms with Gasteiger partial charge in [-0.25, -0.2) is 0 Å². The summed E-state index contributed by atoms with van der Waals surface area (Å²) in [6.45, 7) is 0. The summed E-state index contributed by atoms with van der Waals surface area (Å²) >= 11 is 0. The van der Waals surface area contributed by atoms with Gasteiger partial charge in [0.25, 0.3) is 0 Å². The zero-order valence-electron chi connectivity index (χ0n) is 10.8. The summed E-state index contributed by atoms with van der Waals surface area (Å²) in [5.41, 5.74) is 2.07. The fourth-order valence-corrected chi connectivity index (χ4v) is 2.25. The Hall–Kier alpha value is -1.64. The molecule has 0 radical (unpaired) electrons. The van der Waals surface area contributed by atoms with Gasteiger partial charge < -0.3 is 5.11 Å². The van der Waals surface area contributed by atoms with Gasteiger partial charge in [0, 0.05) is 0 Å². The standard InChI is InChI=1S/C16H19NO/c1-17(2)15(13-9-5-3-6-10-13)16(18)14-11-7-4-8-12-14/h3-12,15-16,18H,1-2H3. The number of likely N-dealkylation sites (N-methyl/N-ethyl adjacent to an activating group) is 1. The number of nitrogens with zero attached hydrogens (tertiary/aromatic N) is 1. The van der Waals surface area contributed by atoms with Gasteiger partial charge >= 0.3 is 0 Å². The molecule has 0 aromatic heterocycles. The van der Waals surface area contributed by atoms with Gasteiger partial charge in [-0.05, 0) is 25.2 Å². The van der Waals surface area contributed by atoms with Crippen LogP contribution < -0.4 is 0 Å². The van der Waals surface area contributed by atoms with Gasteiger partial charge in [-0.2, -0.15) is 0 Å². The Labute approximate surface area is 109 Å². The quantitative estimate of drug-likeness (QED) is 0.889. The van der Waals surface area contributed by atoms with Crippen LogP contribution in [0.25, 0.3) is 0 Å². The predicted octanol–water partition coefficient (Wildman–Crippen LogP) is 3.02. The van der Waals surface area contributed by atoms with Crippen LogP contribution in [0, 0.1) is 0 Å². The van der Waals surface area contributed by atoms with Crippen LogP contribution in [-0.4, -0.2) is 24.1 Å². The number of rotatable bonds is 4. The summed E-state index contributed by atoms with van der Waals surface area (Å²) in [6.07, 6.45) is -0.524. The van der Waals surface area contributed by atoms with E-state index in [2.05, 4.69) is 12.1 Å². The Bertz CT molecular complexity index is 467. The molecule has 0 saturated carbocycles. The van der Waals surface area contributed by atoms with Crippen LogP contribution in [0.1, 0.15) is 23.3 Å². The normalized spacial score (nSPS) is 14.4. The van der Waals surface area contributed by atoms with E-state index in [1.807, 2.05) is 67.5 Å². The average molecular weight is 241 g/mol. The zero-order valence-corrected chi connectivity index (χ0v) is 10.8. The van der Waals surface area contributed by atoms with Crippen LogP contribution in [0.5, 0.6) is 0 Å². The second-order valence-electron chi connectivity index (χ2n) is 4.67. The molecular formula is C16H19NO. The summed E-state index contributed by atoms with van der Waals surface area (Å²) in [4.78, 5) is 2.05. The summed E-state index contributed by atoms with van der Waals surface area (Å²) in [6, 6.07) is 19.9. The minimum absolute atomic E-state index is 0.0337. The molecule has 0 spiro atoms. The Balaban J connectivity index is 2.32. The zero-order chi connectivity index (χ0) is 13.0. The lowest BCUT2D eigenvalue weighted by molar-refractivity contribution is 0.0754. The smallest absolute Gasteiger partial charge is 0.0986 e. The highest BCUT2D eigenvalue weighted by Gasteiger charge is 2.24. The van der Waals surface area contributed by atoms with Crippen molar-refractivity contribution >= 4 is 0 Å². The minimum Gasteiger partial charge on any atom is -0.386 e. The molecule has 0 aliphatic carbocycles. The molecule has 2 rings (SSSR count). The van der Waals surface area contributed by atoms with E-state index in [4.69, 9.17) is 0 Å². The molecule has 2 atom stereocenters. The molecule has 94 valence electrons. The first-order chi connectivity index (χ1) is 8.70. The summed E-state index contributed by atoms with van der Waals surface area (Å²) in [7, 11) is 3.98. The minimum atomic E-state index is -0.524. The molecule has 2 aromatic carbocycles. The van der Waals surface area contributed by atoms with E-state index in [1.54, 1.807) is 0 Å². The molecule has 2 aromatic rings. The number of aliphatic hydroxyl groups is 1. The Kier molecular flexibility index (Phi) is 4.13. The Morgan fingerprint density at radius 2 is 1.22 bits per heavy atom. The maximum Gasteiger partial charge on any atom is 0.0986 e. The van der Waals surface area contributed by atoms with E-state index in [0.29, 0.717) is 0 Å². The van der Waals surface area contributed by atoms with Crippen molar-refractivity contribution in [1.82, 2.24) is 4.90 Å². The second kappa shape index (κ2) is 5.80. The lowest BCUT2D eigenvalue weighted by Gasteiger charge is -2.29. The molecule has 0 aliphatic rings. The van der Waals surface area contributed by atoms with Gasteiger partial charge in [-0.15, -0.1) is 0 Å². The summed E-state index contributed by atoms with van der Waals surface area (Å²) in [5, 5.41) is 10.6. The lowest BCUT2D eigenvalue weighted by Crippen LogP contribution is -2.26. The fraction of sp³-hybridized carbons (Fsp3) is 0.250. The molecule has 0 bridgehead atoms. The van der Waals surface area contributed by atoms with Crippen molar-refractivity contribution in [3.63, 3.8) is 0 Å². The van der Waals surface area contributed by atoms with Crippen LogP contribution in [0.2, 0.25) is 0 Å². The molecular weight excluding hydrogens is 222 g/mol. The van der Waals surface area contributed by atoms with Crippen LogP contribution in [-0.2, 0) is 0 Å². The van der Waals surface area contributed by atoms with Crippen molar-refractivity contribution in [3.8, 4) is 0 Å². The van der Waals surface area contributed by atoms with Gasteiger partial charge in [0.2, 0.25) is 0 Å². The third-order valence-corrected chi connectivity index (χ3v) is 3.14.